The van der Waals surface area contributed by atoms with E-state index in [2.05, 4.69) is 5.32 Å². The Morgan fingerprint density at radius 3 is 2.30 bits per heavy atom. The zero-order valence-corrected chi connectivity index (χ0v) is 11.3. The third kappa shape index (κ3) is 2.84. The largest absolute Gasteiger partial charge is 0.507 e. The highest BCUT2D eigenvalue weighted by Gasteiger charge is 2.19. The lowest BCUT2D eigenvalue weighted by Crippen LogP contribution is -2.14. The normalized spacial score (nSPS) is 10.4. The predicted molar refractivity (Wildman–Crippen MR) is 72.4 cm³/mol. The summed E-state index contributed by atoms with van der Waals surface area (Å²) in [5.74, 6) is -3.06. The summed E-state index contributed by atoms with van der Waals surface area (Å²) in [4.78, 5) is 11.9. The molecular weight excluding hydrogens is 311 g/mol. The van der Waals surface area contributed by atoms with E-state index in [0.29, 0.717) is 0 Å². The van der Waals surface area contributed by atoms with Crippen molar-refractivity contribution >= 4 is 34.8 Å². The molecule has 0 unspecified atom stereocenters. The topological polar surface area (TPSA) is 49.3 Å². The number of nitrogens with one attached hydrogen (secondary N) is 1. The molecule has 0 spiro atoms. The number of phenols is 1. The summed E-state index contributed by atoms with van der Waals surface area (Å²) in [6.07, 6.45) is 0. The quantitative estimate of drug-likeness (QED) is 0.870. The molecule has 0 saturated heterocycles. The van der Waals surface area contributed by atoms with E-state index in [1.807, 2.05) is 0 Å². The van der Waals surface area contributed by atoms with E-state index >= 15 is 0 Å². The van der Waals surface area contributed by atoms with Crippen LogP contribution in [0, 0.1) is 11.6 Å². The SMILES string of the molecule is O=C(Nc1c(Cl)cc(F)cc1Cl)c1c(O)cccc1F. The van der Waals surface area contributed by atoms with Crippen molar-refractivity contribution in [3.05, 3.63) is 57.6 Å². The number of anilines is 1. The van der Waals surface area contributed by atoms with Crippen molar-refractivity contribution in [2.24, 2.45) is 0 Å². The fraction of sp³-hybridized carbons (Fsp3) is 0. The van der Waals surface area contributed by atoms with Crippen LogP contribution in [0.25, 0.3) is 0 Å². The molecule has 2 aromatic carbocycles. The van der Waals surface area contributed by atoms with Crippen LogP contribution in [0.2, 0.25) is 10.0 Å². The van der Waals surface area contributed by atoms with Crippen molar-refractivity contribution < 1.29 is 18.7 Å². The molecule has 2 aromatic rings. The Hall–Kier alpha value is -1.85. The summed E-state index contributed by atoms with van der Waals surface area (Å²) < 4.78 is 26.5. The second-order valence-electron chi connectivity index (χ2n) is 3.83. The average molecular weight is 318 g/mol. The second-order valence-corrected chi connectivity index (χ2v) is 4.65. The van der Waals surface area contributed by atoms with E-state index in [9.17, 15) is 18.7 Å². The Kier molecular flexibility index (Phi) is 4.11. The summed E-state index contributed by atoms with van der Waals surface area (Å²) in [5, 5.41) is 11.5. The molecule has 1 amide bonds. The Balaban J connectivity index is 2.38. The fourth-order valence-corrected chi connectivity index (χ4v) is 2.13. The van der Waals surface area contributed by atoms with E-state index in [4.69, 9.17) is 23.2 Å². The van der Waals surface area contributed by atoms with Crippen molar-refractivity contribution in [2.75, 3.05) is 5.32 Å². The van der Waals surface area contributed by atoms with Crippen LogP contribution in [0.5, 0.6) is 5.75 Å². The Morgan fingerprint density at radius 2 is 1.75 bits per heavy atom. The van der Waals surface area contributed by atoms with Gasteiger partial charge in [0.15, 0.2) is 0 Å². The van der Waals surface area contributed by atoms with Gasteiger partial charge in [-0.3, -0.25) is 4.79 Å². The summed E-state index contributed by atoms with van der Waals surface area (Å²) >= 11 is 11.5. The number of benzene rings is 2. The molecule has 104 valence electrons. The molecule has 3 nitrogen and oxygen atoms in total. The third-order valence-electron chi connectivity index (χ3n) is 2.46. The summed E-state index contributed by atoms with van der Waals surface area (Å²) in [7, 11) is 0. The summed E-state index contributed by atoms with van der Waals surface area (Å²) in [5.41, 5.74) is -0.619. The van der Waals surface area contributed by atoms with Crippen molar-refractivity contribution in [1.82, 2.24) is 0 Å². The number of amides is 1. The van der Waals surface area contributed by atoms with Gasteiger partial charge in [-0.1, -0.05) is 29.3 Å². The minimum atomic E-state index is -0.948. The molecule has 0 heterocycles. The van der Waals surface area contributed by atoms with Crippen LogP contribution in [-0.4, -0.2) is 11.0 Å². The van der Waals surface area contributed by atoms with Gasteiger partial charge >= 0.3 is 0 Å². The first kappa shape index (κ1) is 14.6. The van der Waals surface area contributed by atoms with Gasteiger partial charge < -0.3 is 10.4 Å². The van der Waals surface area contributed by atoms with Crippen LogP contribution in [0.4, 0.5) is 14.5 Å². The minimum Gasteiger partial charge on any atom is -0.507 e. The highest BCUT2D eigenvalue weighted by Crippen LogP contribution is 2.32. The Bertz CT molecular complexity index is 649. The second kappa shape index (κ2) is 5.64. The third-order valence-corrected chi connectivity index (χ3v) is 3.06. The molecule has 0 aliphatic rings. The average Bonchev–Trinajstić information content (AvgIpc) is 2.33. The van der Waals surface area contributed by atoms with E-state index in [-0.39, 0.29) is 15.7 Å². The first-order valence-electron chi connectivity index (χ1n) is 5.33. The highest BCUT2D eigenvalue weighted by molar-refractivity contribution is 6.40. The van der Waals surface area contributed by atoms with Gasteiger partial charge in [0.2, 0.25) is 0 Å². The lowest BCUT2D eigenvalue weighted by molar-refractivity contribution is 0.102. The van der Waals surface area contributed by atoms with Crippen molar-refractivity contribution in [3.63, 3.8) is 0 Å². The van der Waals surface area contributed by atoms with Crippen molar-refractivity contribution in [2.45, 2.75) is 0 Å². The standard InChI is InChI=1S/C13H7Cl2F2NO2/c14-7-4-6(16)5-8(15)12(7)18-13(20)11-9(17)2-1-3-10(11)19/h1-5,19H,(H,18,20). The first-order chi connectivity index (χ1) is 9.40. The monoisotopic (exact) mass is 317 g/mol. The lowest BCUT2D eigenvalue weighted by atomic mass is 10.1. The molecule has 0 bridgehead atoms. The minimum absolute atomic E-state index is 0.0672. The van der Waals surface area contributed by atoms with Crippen molar-refractivity contribution in [1.29, 1.82) is 0 Å². The van der Waals surface area contributed by atoms with E-state index < -0.39 is 28.9 Å². The van der Waals surface area contributed by atoms with Crippen LogP contribution in [-0.2, 0) is 0 Å². The number of carbonyl (C=O) groups excluding carboxylic acids is 1. The van der Waals surface area contributed by atoms with Gasteiger partial charge in [-0.15, -0.1) is 0 Å². The zero-order valence-electron chi connectivity index (χ0n) is 9.75. The van der Waals surface area contributed by atoms with Gasteiger partial charge in [0.05, 0.1) is 15.7 Å². The van der Waals surface area contributed by atoms with Crippen LogP contribution >= 0.6 is 23.2 Å². The number of carbonyl (C=O) groups is 1. The van der Waals surface area contributed by atoms with Crippen molar-refractivity contribution in [3.8, 4) is 5.75 Å². The van der Waals surface area contributed by atoms with Crippen LogP contribution in [0.1, 0.15) is 10.4 Å². The summed E-state index contributed by atoms with van der Waals surface area (Å²) in [6.45, 7) is 0. The molecule has 2 rings (SSSR count). The maximum atomic E-state index is 13.5. The predicted octanol–water partition coefficient (Wildman–Crippen LogP) is 4.23. The van der Waals surface area contributed by atoms with Gasteiger partial charge in [0.25, 0.3) is 5.91 Å². The van der Waals surface area contributed by atoms with E-state index in [1.165, 1.54) is 6.07 Å². The van der Waals surface area contributed by atoms with E-state index in [1.54, 1.807) is 0 Å². The zero-order chi connectivity index (χ0) is 14.9. The molecular formula is C13H7Cl2F2NO2. The molecule has 0 saturated carbocycles. The lowest BCUT2D eigenvalue weighted by Gasteiger charge is -2.11. The summed E-state index contributed by atoms with van der Waals surface area (Å²) in [6, 6.07) is 5.32. The van der Waals surface area contributed by atoms with Crippen LogP contribution in [0.3, 0.4) is 0 Å². The van der Waals surface area contributed by atoms with Gasteiger partial charge in [0.1, 0.15) is 22.9 Å². The van der Waals surface area contributed by atoms with Crippen LogP contribution in [0.15, 0.2) is 30.3 Å². The van der Waals surface area contributed by atoms with Crippen LogP contribution < -0.4 is 5.32 Å². The maximum absolute atomic E-state index is 13.5. The fourth-order valence-electron chi connectivity index (χ4n) is 1.58. The Morgan fingerprint density at radius 1 is 1.15 bits per heavy atom. The number of phenolic OH excluding ortho intramolecular Hbond substituents is 1. The number of halogens is 4. The maximum Gasteiger partial charge on any atom is 0.262 e. The molecule has 7 heteroatoms. The molecule has 0 radical (unpaired) electrons. The van der Waals surface area contributed by atoms with Gasteiger partial charge in [-0.05, 0) is 24.3 Å². The number of hydrogen-bond donors (Lipinski definition) is 2. The molecule has 2 N–H and O–H groups in total. The smallest absolute Gasteiger partial charge is 0.262 e. The highest BCUT2D eigenvalue weighted by atomic mass is 35.5. The molecule has 0 atom stereocenters. The molecule has 0 aliphatic heterocycles. The molecule has 0 aliphatic carbocycles. The number of rotatable bonds is 2. The van der Waals surface area contributed by atoms with E-state index in [0.717, 1.165) is 24.3 Å². The first-order valence-corrected chi connectivity index (χ1v) is 6.09. The number of hydrogen-bond acceptors (Lipinski definition) is 2. The number of aromatic hydroxyl groups is 1. The van der Waals surface area contributed by atoms with Gasteiger partial charge in [-0.2, -0.15) is 0 Å². The Labute approximate surface area is 122 Å². The van der Waals surface area contributed by atoms with Gasteiger partial charge in [-0.25, -0.2) is 8.78 Å². The molecule has 0 aromatic heterocycles. The van der Waals surface area contributed by atoms with Gasteiger partial charge in [0, 0.05) is 0 Å². The molecule has 0 fully saturated rings. The molecule has 20 heavy (non-hydrogen) atoms.